The third-order valence-corrected chi connectivity index (χ3v) is 3.26. The summed E-state index contributed by atoms with van der Waals surface area (Å²) in [4.78, 5) is 0. The summed E-state index contributed by atoms with van der Waals surface area (Å²) in [7, 11) is 0. The predicted molar refractivity (Wildman–Crippen MR) is 70.2 cm³/mol. The molecule has 4 nitrogen and oxygen atoms in total. The topological polar surface area (TPSA) is 50.7 Å². The van der Waals surface area contributed by atoms with Crippen LogP contribution in [-0.4, -0.2) is 31.5 Å². The van der Waals surface area contributed by atoms with Crippen LogP contribution in [0.3, 0.4) is 0 Å². The van der Waals surface area contributed by atoms with E-state index in [9.17, 15) is 5.11 Å². The number of nitrogens with one attached hydrogen (secondary N) is 1. The zero-order valence-electron chi connectivity index (χ0n) is 11.0. The summed E-state index contributed by atoms with van der Waals surface area (Å²) < 4.78 is 11.1. The van der Waals surface area contributed by atoms with E-state index in [1.807, 2.05) is 25.1 Å². The highest BCUT2D eigenvalue weighted by atomic mass is 16.6. The van der Waals surface area contributed by atoms with Crippen molar-refractivity contribution in [2.24, 2.45) is 0 Å². The Hall–Kier alpha value is -1.26. The standard InChI is InChI=1S/C14H21NO3/c1-3-6-15-14(2,10-16)11-4-5-12-13(9-11)18-8-7-17-12/h4-5,9,15-16H,3,6-8,10H2,1-2H3. The van der Waals surface area contributed by atoms with Crippen LogP contribution in [0.15, 0.2) is 18.2 Å². The maximum atomic E-state index is 9.63. The fourth-order valence-corrected chi connectivity index (χ4v) is 2.04. The first-order valence-corrected chi connectivity index (χ1v) is 6.45. The molecule has 0 bridgehead atoms. The monoisotopic (exact) mass is 251 g/mol. The minimum atomic E-state index is -0.439. The average molecular weight is 251 g/mol. The number of hydrogen-bond donors (Lipinski definition) is 2. The molecular weight excluding hydrogens is 230 g/mol. The summed E-state index contributed by atoms with van der Waals surface area (Å²) >= 11 is 0. The number of rotatable bonds is 5. The Morgan fingerprint density at radius 2 is 2.00 bits per heavy atom. The number of aliphatic hydroxyl groups is 1. The second-order valence-corrected chi connectivity index (χ2v) is 4.78. The van der Waals surface area contributed by atoms with Gasteiger partial charge in [-0.1, -0.05) is 13.0 Å². The molecule has 0 amide bonds. The highest BCUT2D eigenvalue weighted by Crippen LogP contribution is 2.34. The molecule has 2 N–H and O–H groups in total. The highest BCUT2D eigenvalue weighted by Gasteiger charge is 2.26. The zero-order chi connectivity index (χ0) is 13.0. The molecule has 1 aliphatic heterocycles. The van der Waals surface area contributed by atoms with Gasteiger partial charge in [0, 0.05) is 0 Å². The second kappa shape index (κ2) is 5.59. The Morgan fingerprint density at radius 1 is 1.28 bits per heavy atom. The molecule has 18 heavy (non-hydrogen) atoms. The van der Waals surface area contributed by atoms with Crippen molar-refractivity contribution in [3.63, 3.8) is 0 Å². The number of hydrogen-bond acceptors (Lipinski definition) is 4. The lowest BCUT2D eigenvalue weighted by Gasteiger charge is -2.30. The largest absolute Gasteiger partial charge is 0.486 e. The molecular formula is C14H21NO3. The summed E-state index contributed by atoms with van der Waals surface area (Å²) in [6.45, 7) is 6.19. The molecule has 1 aromatic rings. The first-order valence-electron chi connectivity index (χ1n) is 6.45. The van der Waals surface area contributed by atoms with Gasteiger partial charge in [-0.2, -0.15) is 0 Å². The highest BCUT2D eigenvalue weighted by molar-refractivity contribution is 5.45. The van der Waals surface area contributed by atoms with Crippen molar-refractivity contribution in [1.82, 2.24) is 5.32 Å². The quantitative estimate of drug-likeness (QED) is 0.835. The molecule has 0 saturated heterocycles. The van der Waals surface area contributed by atoms with Gasteiger partial charge in [0.25, 0.3) is 0 Å². The molecule has 0 saturated carbocycles. The maximum absolute atomic E-state index is 9.63. The van der Waals surface area contributed by atoms with Crippen LogP contribution in [0.1, 0.15) is 25.8 Å². The van der Waals surface area contributed by atoms with Crippen LogP contribution in [0, 0.1) is 0 Å². The third kappa shape index (κ3) is 2.60. The van der Waals surface area contributed by atoms with Crippen molar-refractivity contribution < 1.29 is 14.6 Å². The first kappa shape index (κ1) is 13.2. The van der Waals surface area contributed by atoms with Crippen molar-refractivity contribution in [1.29, 1.82) is 0 Å². The van der Waals surface area contributed by atoms with Gasteiger partial charge in [0.15, 0.2) is 11.5 Å². The molecule has 1 heterocycles. The lowest BCUT2D eigenvalue weighted by Crippen LogP contribution is -2.43. The van der Waals surface area contributed by atoms with Crippen molar-refractivity contribution >= 4 is 0 Å². The molecule has 0 spiro atoms. The maximum Gasteiger partial charge on any atom is 0.161 e. The minimum Gasteiger partial charge on any atom is -0.486 e. The predicted octanol–water partition coefficient (Wildman–Crippen LogP) is 1.66. The molecule has 4 heteroatoms. The molecule has 1 atom stereocenters. The second-order valence-electron chi connectivity index (χ2n) is 4.78. The fourth-order valence-electron chi connectivity index (χ4n) is 2.04. The summed E-state index contributed by atoms with van der Waals surface area (Å²) in [5.41, 5.74) is 0.578. The van der Waals surface area contributed by atoms with Gasteiger partial charge in [0.05, 0.1) is 12.1 Å². The average Bonchev–Trinajstić information content (AvgIpc) is 2.44. The van der Waals surface area contributed by atoms with Crippen LogP contribution < -0.4 is 14.8 Å². The van der Waals surface area contributed by atoms with Crippen LogP contribution >= 0.6 is 0 Å². The third-order valence-electron chi connectivity index (χ3n) is 3.26. The van der Waals surface area contributed by atoms with E-state index in [1.165, 1.54) is 0 Å². The fraction of sp³-hybridized carbons (Fsp3) is 0.571. The molecule has 1 aromatic carbocycles. The molecule has 0 fully saturated rings. The van der Waals surface area contributed by atoms with Gasteiger partial charge in [-0.25, -0.2) is 0 Å². The van der Waals surface area contributed by atoms with E-state index in [4.69, 9.17) is 9.47 Å². The minimum absolute atomic E-state index is 0.0483. The molecule has 1 unspecified atom stereocenters. The Morgan fingerprint density at radius 3 is 2.67 bits per heavy atom. The lowest BCUT2D eigenvalue weighted by molar-refractivity contribution is 0.164. The van der Waals surface area contributed by atoms with Crippen LogP contribution in [0.2, 0.25) is 0 Å². The normalized spacial score (nSPS) is 17.3. The van der Waals surface area contributed by atoms with E-state index in [0.717, 1.165) is 30.0 Å². The van der Waals surface area contributed by atoms with Crippen molar-refractivity contribution in [2.75, 3.05) is 26.4 Å². The number of ether oxygens (including phenoxy) is 2. The Bertz CT molecular complexity index is 408. The van der Waals surface area contributed by atoms with Crippen LogP contribution in [0.5, 0.6) is 11.5 Å². The van der Waals surface area contributed by atoms with E-state index in [2.05, 4.69) is 12.2 Å². The molecule has 0 aromatic heterocycles. The number of aliphatic hydroxyl groups excluding tert-OH is 1. The lowest BCUT2D eigenvalue weighted by atomic mass is 9.92. The smallest absolute Gasteiger partial charge is 0.161 e. The van der Waals surface area contributed by atoms with Gasteiger partial charge in [0.2, 0.25) is 0 Å². The van der Waals surface area contributed by atoms with Gasteiger partial charge >= 0.3 is 0 Å². The van der Waals surface area contributed by atoms with Crippen molar-refractivity contribution in [3.05, 3.63) is 23.8 Å². The Balaban J connectivity index is 2.25. The van der Waals surface area contributed by atoms with Gasteiger partial charge in [0.1, 0.15) is 13.2 Å². The van der Waals surface area contributed by atoms with Crippen molar-refractivity contribution in [2.45, 2.75) is 25.8 Å². The molecule has 0 aliphatic carbocycles. The van der Waals surface area contributed by atoms with Crippen LogP contribution in [-0.2, 0) is 5.54 Å². The summed E-state index contributed by atoms with van der Waals surface area (Å²) in [5.74, 6) is 1.54. The molecule has 1 aliphatic rings. The zero-order valence-corrected chi connectivity index (χ0v) is 11.0. The number of benzene rings is 1. The first-order chi connectivity index (χ1) is 8.69. The van der Waals surface area contributed by atoms with Gasteiger partial charge in [-0.3, -0.25) is 0 Å². The van der Waals surface area contributed by atoms with Crippen LogP contribution in [0.4, 0.5) is 0 Å². The Labute approximate surface area is 108 Å². The van der Waals surface area contributed by atoms with E-state index >= 15 is 0 Å². The van der Waals surface area contributed by atoms with E-state index < -0.39 is 5.54 Å². The summed E-state index contributed by atoms with van der Waals surface area (Å²) in [6, 6.07) is 5.84. The van der Waals surface area contributed by atoms with Gasteiger partial charge < -0.3 is 19.9 Å². The van der Waals surface area contributed by atoms with Gasteiger partial charge in [-0.15, -0.1) is 0 Å². The molecule has 0 radical (unpaired) electrons. The number of fused-ring (bicyclic) bond motifs is 1. The summed E-state index contributed by atoms with van der Waals surface area (Å²) in [5, 5.41) is 13.0. The van der Waals surface area contributed by atoms with Gasteiger partial charge in [-0.05, 0) is 37.6 Å². The Kier molecular flexibility index (Phi) is 4.09. The molecule has 100 valence electrons. The van der Waals surface area contributed by atoms with E-state index in [0.29, 0.717) is 13.2 Å². The summed E-state index contributed by atoms with van der Waals surface area (Å²) in [6.07, 6.45) is 1.03. The van der Waals surface area contributed by atoms with E-state index in [1.54, 1.807) is 0 Å². The molecule has 2 rings (SSSR count). The van der Waals surface area contributed by atoms with Crippen molar-refractivity contribution in [3.8, 4) is 11.5 Å². The van der Waals surface area contributed by atoms with Crippen LogP contribution in [0.25, 0.3) is 0 Å². The SMILES string of the molecule is CCCNC(C)(CO)c1ccc2c(c1)OCCO2. The van der Waals surface area contributed by atoms with E-state index in [-0.39, 0.29) is 6.61 Å².